The number of hydrogen-bond acceptors (Lipinski definition) is 3. The van der Waals surface area contributed by atoms with Gasteiger partial charge in [0.2, 0.25) is 0 Å². The summed E-state index contributed by atoms with van der Waals surface area (Å²) in [4.78, 5) is 2.68. The smallest absolute Gasteiger partial charge is 0.115 e. The van der Waals surface area contributed by atoms with E-state index in [2.05, 4.69) is 16.3 Å². The fraction of sp³-hybridized carbons (Fsp3) is 0.647. The molecule has 0 radical (unpaired) electrons. The van der Waals surface area contributed by atoms with E-state index in [1.165, 1.54) is 56.3 Å². The van der Waals surface area contributed by atoms with E-state index in [1.54, 1.807) is 0 Å². The van der Waals surface area contributed by atoms with Crippen LogP contribution in [0.2, 0.25) is 0 Å². The van der Waals surface area contributed by atoms with Crippen LogP contribution < -0.4 is 5.32 Å². The van der Waals surface area contributed by atoms with Crippen LogP contribution in [0.1, 0.15) is 49.3 Å². The van der Waals surface area contributed by atoms with Gasteiger partial charge >= 0.3 is 0 Å². The third kappa shape index (κ3) is 2.45. The predicted molar refractivity (Wildman–Crippen MR) is 79.9 cm³/mol. The Balaban J connectivity index is 1.37. The molecule has 20 heavy (non-hydrogen) atoms. The topological polar surface area (TPSA) is 35.5 Å². The van der Waals surface area contributed by atoms with E-state index in [0.29, 0.717) is 17.8 Å². The van der Waals surface area contributed by atoms with Crippen molar-refractivity contribution in [1.29, 1.82) is 0 Å². The highest BCUT2D eigenvalue weighted by Crippen LogP contribution is 2.35. The number of likely N-dealkylation sites (tertiary alicyclic amines) is 1. The molecular formula is C17H24N2O. The SMILES string of the molecule is Oc1ccc2c(c1)CCC2NC1CCN(C2CC2)CC1. The standard InChI is InChI=1S/C17H24N2O/c20-15-4-5-16-12(11-15)1-6-17(16)18-13-7-9-19(10-8-13)14-2-3-14/h4-5,11,13-14,17-18,20H,1-3,6-10H2. The summed E-state index contributed by atoms with van der Waals surface area (Å²) in [6.45, 7) is 2.55. The molecule has 1 heterocycles. The number of fused-ring (bicyclic) bond motifs is 1. The average molecular weight is 272 g/mol. The number of aryl methyl sites for hydroxylation is 1. The summed E-state index contributed by atoms with van der Waals surface area (Å²) in [6, 6.07) is 7.97. The summed E-state index contributed by atoms with van der Waals surface area (Å²) >= 11 is 0. The fourth-order valence-corrected chi connectivity index (χ4v) is 3.93. The monoisotopic (exact) mass is 272 g/mol. The lowest BCUT2D eigenvalue weighted by atomic mass is 10.0. The van der Waals surface area contributed by atoms with Crippen molar-refractivity contribution in [1.82, 2.24) is 10.2 Å². The molecule has 2 N–H and O–H groups in total. The molecule has 0 amide bonds. The Morgan fingerprint density at radius 1 is 1.05 bits per heavy atom. The highest BCUT2D eigenvalue weighted by Gasteiger charge is 2.33. The zero-order chi connectivity index (χ0) is 13.5. The molecule has 0 spiro atoms. The van der Waals surface area contributed by atoms with Gasteiger partial charge in [-0.15, -0.1) is 0 Å². The summed E-state index contributed by atoms with van der Waals surface area (Å²) in [7, 11) is 0. The largest absolute Gasteiger partial charge is 0.508 e. The van der Waals surface area contributed by atoms with Crippen LogP contribution in [0.25, 0.3) is 0 Å². The van der Waals surface area contributed by atoms with Crippen molar-refractivity contribution in [3.05, 3.63) is 29.3 Å². The van der Waals surface area contributed by atoms with E-state index in [9.17, 15) is 5.11 Å². The molecule has 0 bridgehead atoms. The highest BCUT2D eigenvalue weighted by molar-refractivity contribution is 5.40. The molecule has 1 aliphatic heterocycles. The number of phenolic OH excluding ortho intramolecular Hbond substituents is 1. The summed E-state index contributed by atoms with van der Waals surface area (Å²) in [6.07, 6.45) is 7.72. The summed E-state index contributed by atoms with van der Waals surface area (Å²) in [5.74, 6) is 0.405. The van der Waals surface area contributed by atoms with E-state index in [4.69, 9.17) is 0 Å². The molecule has 1 saturated heterocycles. The minimum Gasteiger partial charge on any atom is -0.508 e. The van der Waals surface area contributed by atoms with Crippen LogP contribution in [0.5, 0.6) is 5.75 Å². The van der Waals surface area contributed by atoms with Gasteiger partial charge < -0.3 is 15.3 Å². The van der Waals surface area contributed by atoms with E-state index in [-0.39, 0.29) is 0 Å². The first-order valence-corrected chi connectivity index (χ1v) is 8.11. The number of benzene rings is 1. The van der Waals surface area contributed by atoms with Crippen LogP contribution in [0.15, 0.2) is 18.2 Å². The van der Waals surface area contributed by atoms with Gasteiger partial charge in [-0.3, -0.25) is 0 Å². The summed E-state index contributed by atoms with van der Waals surface area (Å²) < 4.78 is 0. The number of hydrogen-bond donors (Lipinski definition) is 2. The Hall–Kier alpha value is -1.06. The molecule has 1 saturated carbocycles. The maximum Gasteiger partial charge on any atom is 0.115 e. The second kappa shape index (κ2) is 5.05. The Morgan fingerprint density at radius 3 is 2.60 bits per heavy atom. The van der Waals surface area contributed by atoms with Crippen molar-refractivity contribution in [2.24, 2.45) is 0 Å². The van der Waals surface area contributed by atoms with Gasteiger partial charge in [0, 0.05) is 18.1 Å². The molecule has 1 aromatic carbocycles. The van der Waals surface area contributed by atoms with Crippen LogP contribution in [-0.2, 0) is 6.42 Å². The zero-order valence-electron chi connectivity index (χ0n) is 12.0. The number of nitrogens with one attached hydrogen (secondary N) is 1. The van der Waals surface area contributed by atoms with Gasteiger partial charge in [-0.2, -0.15) is 0 Å². The fourth-order valence-electron chi connectivity index (χ4n) is 3.93. The normalized spacial score (nSPS) is 27.7. The number of aromatic hydroxyl groups is 1. The maximum atomic E-state index is 9.57. The number of nitrogens with zero attached hydrogens (tertiary/aromatic N) is 1. The van der Waals surface area contributed by atoms with Crippen LogP contribution in [-0.4, -0.2) is 35.2 Å². The Morgan fingerprint density at radius 2 is 1.85 bits per heavy atom. The molecule has 3 aliphatic rings. The molecule has 0 aromatic heterocycles. The van der Waals surface area contributed by atoms with Crippen molar-refractivity contribution < 1.29 is 5.11 Å². The van der Waals surface area contributed by atoms with Gasteiger partial charge in [-0.1, -0.05) is 6.07 Å². The first kappa shape index (κ1) is 12.7. The number of phenols is 1. The molecule has 2 fully saturated rings. The zero-order valence-corrected chi connectivity index (χ0v) is 12.0. The van der Waals surface area contributed by atoms with Crippen LogP contribution in [0.3, 0.4) is 0 Å². The van der Waals surface area contributed by atoms with Crippen LogP contribution >= 0.6 is 0 Å². The first-order valence-electron chi connectivity index (χ1n) is 8.11. The minimum atomic E-state index is 0.405. The number of rotatable bonds is 3. The van der Waals surface area contributed by atoms with Crippen molar-refractivity contribution >= 4 is 0 Å². The van der Waals surface area contributed by atoms with E-state index in [1.807, 2.05) is 12.1 Å². The van der Waals surface area contributed by atoms with Gasteiger partial charge in [0.25, 0.3) is 0 Å². The molecule has 1 unspecified atom stereocenters. The molecule has 3 heteroatoms. The Kier molecular flexibility index (Phi) is 3.20. The Bertz CT molecular complexity index is 490. The second-order valence-electron chi connectivity index (χ2n) is 6.68. The lowest BCUT2D eigenvalue weighted by Gasteiger charge is -2.34. The quantitative estimate of drug-likeness (QED) is 0.888. The Labute approximate surface area is 121 Å². The van der Waals surface area contributed by atoms with Crippen molar-refractivity contribution in [3.63, 3.8) is 0 Å². The van der Waals surface area contributed by atoms with Crippen molar-refractivity contribution in [2.75, 3.05) is 13.1 Å². The molecule has 1 aromatic rings. The van der Waals surface area contributed by atoms with Gasteiger partial charge in [-0.25, -0.2) is 0 Å². The minimum absolute atomic E-state index is 0.405. The molecule has 3 nitrogen and oxygen atoms in total. The molecule has 2 aliphatic carbocycles. The van der Waals surface area contributed by atoms with Gasteiger partial charge in [-0.05, 0) is 74.9 Å². The number of piperidine rings is 1. The van der Waals surface area contributed by atoms with E-state index >= 15 is 0 Å². The van der Waals surface area contributed by atoms with Crippen molar-refractivity contribution in [2.45, 2.75) is 56.7 Å². The molecular weight excluding hydrogens is 248 g/mol. The van der Waals surface area contributed by atoms with E-state index in [0.717, 1.165) is 12.5 Å². The maximum absolute atomic E-state index is 9.57. The third-order valence-electron chi connectivity index (χ3n) is 5.23. The van der Waals surface area contributed by atoms with E-state index < -0.39 is 0 Å². The highest BCUT2D eigenvalue weighted by atomic mass is 16.3. The van der Waals surface area contributed by atoms with Gasteiger partial charge in [0.05, 0.1) is 0 Å². The molecule has 108 valence electrons. The van der Waals surface area contributed by atoms with Gasteiger partial charge in [0.1, 0.15) is 5.75 Å². The summed E-state index contributed by atoms with van der Waals surface area (Å²) in [5, 5.41) is 13.4. The predicted octanol–water partition coefficient (Wildman–Crippen LogP) is 2.60. The lowest BCUT2D eigenvalue weighted by molar-refractivity contribution is 0.183. The average Bonchev–Trinajstić information content (AvgIpc) is 3.23. The molecule has 4 rings (SSSR count). The first-order chi connectivity index (χ1) is 9.79. The third-order valence-corrected chi connectivity index (χ3v) is 5.23. The van der Waals surface area contributed by atoms with Gasteiger partial charge in [0.15, 0.2) is 0 Å². The van der Waals surface area contributed by atoms with Crippen molar-refractivity contribution in [3.8, 4) is 5.75 Å². The lowest BCUT2D eigenvalue weighted by Crippen LogP contribution is -2.44. The second-order valence-corrected chi connectivity index (χ2v) is 6.68. The van der Waals surface area contributed by atoms with Crippen LogP contribution in [0.4, 0.5) is 0 Å². The summed E-state index contributed by atoms with van der Waals surface area (Å²) in [5.41, 5.74) is 2.74. The van der Waals surface area contributed by atoms with Crippen LogP contribution in [0, 0.1) is 0 Å². The molecule has 1 atom stereocenters.